The van der Waals surface area contributed by atoms with Crippen LogP contribution in [0.15, 0.2) is 0 Å². The number of likely N-dealkylation sites (N-methyl/N-ethyl adjacent to an activating group) is 1. The van der Waals surface area contributed by atoms with Crippen molar-refractivity contribution in [3.05, 3.63) is 0 Å². The Morgan fingerprint density at radius 3 is 2.60 bits per heavy atom. The van der Waals surface area contributed by atoms with Crippen molar-refractivity contribution in [1.29, 1.82) is 0 Å². The van der Waals surface area contributed by atoms with Gasteiger partial charge in [0.15, 0.2) is 0 Å². The third-order valence-electron chi connectivity index (χ3n) is 2.07. The summed E-state index contributed by atoms with van der Waals surface area (Å²) in [6.07, 6.45) is 0. The predicted molar refractivity (Wildman–Crippen MR) is 41.0 cm³/mol. The van der Waals surface area contributed by atoms with Gasteiger partial charge in [-0.3, -0.25) is 4.90 Å². The van der Waals surface area contributed by atoms with Crippen molar-refractivity contribution in [2.75, 3.05) is 32.8 Å². The van der Waals surface area contributed by atoms with Gasteiger partial charge in [-0.2, -0.15) is 0 Å². The molecule has 0 spiro atoms. The van der Waals surface area contributed by atoms with Crippen LogP contribution >= 0.6 is 0 Å². The van der Waals surface area contributed by atoms with Gasteiger partial charge in [-0.05, 0) is 6.54 Å². The zero-order chi connectivity index (χ0) is 7.40. The Bertz CT molecular complexity index is 93.6. The lowest BCUT2D eigenvalue weighted by Gasteiger charge is -2.37. The topological polar surface area (TPSA) is 35.5 Å². The van der Waals surface area contributed by atoms with E-state index in [1.165, 1.54) is 0 Å². The van der Waals surface area contributed by atoms with Crippen molar-refractivity contribution in [3.63, 3.8) is 0 Å². The quantitative estimate of drug-likeness (QED) is 0.546. The van der Waals surface area contributed by atoms with Crippen molar-refractivity contribution in [2.45, 2.75) is 13.0 Å². The van der Waals surface area contributed by atoms with Gasteiger partial charge in [0.1, 0.15) is 0 Å². The van der Waals surface area contributed by atoms with Gasteiger partial charge in [0.25, 0.3) is 0 Å². The summed E-state index contributed by atoms with van der Waals surface area (Å²) in [7, 11) is 0. The van der Waals surface area contributed by atoms with E-state index in [0.717, 1.165) is 26.2 Å². The molecule has 1 saturated heterocycles. The molecule has 0 amide bonds. The van der Waals surface area contributed by atoms with E-state index in [9.17, 15) is 0 Å². The molecule has 1 rings (SSSR count). The van der Waals surface area contributed by atoms with Gasteiger partial charge in [0.2, 0.25) is 0 Å². The highest BCUT2D eigenvalue weighted by molar-refractivity contribution is 4.83. The maximum atomic E-state index is 8.67. The molecule has 10 heavy (non-hydrogen) atoms. The lowest BCUT2D eigenvalue weighted by molar-refractivity contribution is 0.122. The van der Waals surface area contributed by atoms with Gasteiger partial charge < -0.3 is 10.4 Å². The van der Waals surface area contributed by atoms with Crippen LogP contribution in [0.3, 0.4) is 0 Å². The van der Waals surface area contributed by atoms with E-state index in [1.54, 1.807) is 0 Å². The highest BCUT2D eigenvalue weighted by Crippen LogP contribution is 2.02. The zero-order valence-electron chi connectivity index (χ0n) is 6.51. The van der Waals surface area contributed by atoms with Gasteiger partial charge in [0.05, 0.1) is 6.61 Å². The van der Waals surface area contributed by atoms with Crippen LogP contribution in [0.1, 0.15) is 6.92 Å². The average Bonchev–Trinajstić information content (AvgIpc) is 1.83. The van der Waals surface area contributed by atoms with Crippen LogP contribution in [0.2, 0.25) is 0 Å². The van der Waals surface area contributed by atoms with E-state index in [0.29, 0.717) is 6.04 Å². The first-order valence-corrected chi connectivity index (χ1v) is 3.94. The van der Waals surface area contributed by atoms with Crippen LogP contribution in [-0.4, -0.2) is 48.8 Å². The Morgan fingerprint density at radius 2 is 2.30 bits per heavy atom. The molecule has 3 heteroatoms. The van der Waals surface area contributed by atoms with Gasteiger partial charge in [-0.15, -0.1) is 0 Å². The third-order valence-corrected chi connectivity index (χ3v) is 2.07. The summed E-state index contributed by atoms with van der Waals surface area (Å²) in [5.74, 6) is 0. The highest BCUT2D eigenvalue weighted by Gasteiger charge is 2.22. The number of aliphatic hydroxyl groups is 1. The molecular weight excluding hydrogens is 128 g/mol. The lowest BCUT2D eigenvalue weighted by atomic mass is 10.1. The molecule has 1 aliphatic rings. The number of rotatable bonds is 4. The normalized spacial score (nSPS) is 19.5. The zero-order valence-corrected chi connectivity index (χ0v) is 6.51. The van der Waals surface area contributed by atoms with Crippen LogP contribution in [-0.2, 0) is 0 Å². The molecule has 0 aromatic carbocycles. The molecule has 0 aliphatic carbocycles. The van der Waals surface area contributed by atoms with E-state index in [1.807, 2.05) is 0 Å². The van der Waals surface area contributed by atoms with Gasteiger partial charge in [-0.25, -0.2) is 0 Å². The molecule has 0 unspecified atom stereocenters. The number of aliphatic hydroxyl groups excluding tert-OH is 1. The summed E-state index contributed by atoms with van der Waals surface area (Å²) in [6, 6.07) is 0.678. The molecule has 2 N–H and O–H groups in total. The first-order chi connectivity index (χ1) is 4.88. The average molecular weight is 144 g/mol. The molecule has 0 aromatic heterocycles. The first kappa shape index (κ1) is 7.98. The first-order valence-electron chi connectivity index (χ1n) is 3.94. The smallest absolute Gasteiger partial charge is 0.0558 e. The fourth-order valence-electron chi connectivity index (χ4n) is 1.26. The number of hydrogen-bond donors (Lipinski definition) is 2. The number of nitrogens with zero attached hydrogens (tertiary/aromatic N) is 1. The molecule has 0 radical (unpaired) electrons. The van der Waals surface area contributed by atoms with Crippen LogP contribution in [0.4, 0.5) is 0 Å². The van der Waals surface area contributed by atoms with Crippen LogP contribution in [0.25, 0.3) is 0 Å². The Kier molecular flexibility index (Phi) is 3.12. The summed E-state index contributed by atoms with van der Waals surface area (Å²) in [6.45, 7) is 6.47. The van der Waals surface area contributed by atoms with Crippen molar-refractivity contribution >= 4 is 0 Å². The number of nitrogens with one attached hydrogen (secondary N) is 1. The van der Waals surface area contributed by atoms with E-state index in [4.69, 9.17) is 5.11 Å². The van der Waals surface area contributed by atoms with Gasteiger partial charge in [-0.1, -0.05) is 6.92 Å². The molecule has 1 heterocycles. The van der Waals surface area contributed by atoms with E-state index in [-0.39, 0.29) is 6.61 Å². The fraction of sp³-hybridized carbons (Fsp3) is 1.00. The molecule has 0 atom stereocenters. The fourth-order valence-corrected chi connectivity index (χ4v) is 1.26. The predicted octanol–water partition coefficient (Wildman–Crippen LogP) is -0.728. The maximum Gasteiger partial charge on any atom is 0.0558 e. The lowest BCUT2D eigenvalue weighted by Crippen LogP contribution is -2.57. The second-order valence-corrected chi connectivity index (χ2v) is 2.66. The molecule has 3 nitrogen and oxygen atoms in total. The monoisotopic (exact) mass is 144 g/mol. The van der Waals surface area contributed by atoms with Crippen molar-refractivity contribution in [3.8, 4) is 0 Å². The molecule has 60 valence electrons. The summed E-state index contributed by atoms with van der Waals surface area (Å²) in [5.41, 5.74) is 0. The van der Waals surface area contributed by atoms with Crippen LogP contribution < -0.4 is 5.32 Å². The summed E-state index contributed by atoms with van der Waals surface area (Å²) >= 11 is 0. The summed E-state index contributed by atoms with van der Waals surface area (Å²) in [4.78, 5) is 2.30. The molecule has 0 saturated carbocycles. The standard InChI is InChI=1S/C7H16N2O/c1-2-9(3-4-10)7-5-8-6-7/h7-8,10H,2-6H2,1H3. The Hall–Kier alpha value is -0.120. The molecule has 1 aliphatic heterocycles. The summed E-state index contributed by atoms with van der Waals surface area (Å²) in [5, 5.41) is 11.9. The third kappa shape index (κ3) is 1.68. The minimum Gasteiger partial charge on any atom is -0.395 e. The molecule has 1 fully saturated rings. The van der Waals surface area contributed by atoms with Crippen molar-refractivity contribution < 1.29 is 5.11 Å². The highest BCUT2D eigenvalue weighted by atomic mass is 16.3. The second kappa shape index (κ2) is 3.91. The van der Waals surface area contributed by atoms with E-state index < -0.39 is 0 Å². The van der Waals surface area contributed by atoms with Gasteiger partial charge >= 0.3 is 0 Å². The SMILES string of the molecule is CCN(CCO)C1CNC1. The van der Waals surface area contributed by atoms with Crippen LogP contribution in [0.5, 0.6) is 0 Å². The Morgan fingerprint density at radius 1 is 1.60 bits per heavy atom. The van der Waals surface area contributed by atoms with Gasteiger partial charge in [0, 0.05) is 25.7 Å². The minimum atomic E-state index is 0.282. The molecule has 0 bridgehead atoms. The second-order valence-electron chi connectivity index (χ2n) is 2.66. The minimum absolute atomic E-state index is 0.282. The summed E-state index contributed by atoms with van der Waals surface area (Å²) < 4.78 is 0. The Labute approximate surface area is 62.0 Å². The van der Waals surface area contributed by atoms with Crippen molar-refractivity contribution in [2.24, 2.45) is 0 Å². The van der Waals surface area contributed by atoms with E-state index in [2.05, 4.69) is 17.1 Å². The molecule has 0 aromatic rings. The van der Waals surface area contributed by atoms with E-state index >= 15 is 0 Å². The largest absolute Gasteiger partial charge is 0.395 e. The molecular formula is C7H16N2O. The maximum absolute atomic E-state index is 8.67. The Balaban J connectivity index is 2.17. The van der Waals surface area contributed by atoms with Crippen LogP contribution in [0, 0.1) is 0 Å². The number of hydrogen-bond acceptors (Lipinski definition) is 3. The van der Waals surface area contributed by atoms with Crippen molar-refractivity contribution in [1.82, 2.24) is 10.2 Å².